The van der Waals surface area contributed by atoms with E-state index in [0.717, 1.165) is 25.7 Å². The maximum Gasteiger partial charge on any atom is 0.375 e. The van der Waals surface area contributed by atoms with Crippen LogP contribution in [0.15, 0.2) is 16.6 Å². The molecular weight excluding hydrogens is 416 g/mol. The van der Waals surface area contributed by atoms with Gasteiger partial charge in [0.2, 0.25) is 5.78 Å². The van der Waals surface area contributed by atoms with Gasteiger partial charge >= 0.3 is 5.97 Å². The van der Waals surface area contributed by atoms with Crippen LogP contribution < -0.4 is 9.47 Å². The zero-order chi connectivity index (χ0) is 20.2. The minimum Gasteiger partial charge on any atom is -0.493 e. The third-order valence-corrected chi connectivity index (χ3v) is 4.29. The molecule has 0 bridgehead atoms. The molecule has 0 aromatic heterocycles. The number of hydrogen-bond acceptors (Lipinski definition) is 6. The Hall–Kier alpha value is -1.89. The van der Waals surface area contributed by atoms with Gasteiger partial charge in [-0.1, -0.05) is 26.7 Å². The van der Waals surface area contributed by atoms with E-state index in [2.05, 4.69) is 27.6 Å². The van der Waals surface area contributed by atoms with Crippen LogP contribution in [0, 0.1) is 0 Å². The SMILES string of the molecule is CCCCOc1cc(OCCCC)c(C(=O)CC(=O)C(=O)OCC)cc1Br. The summed E-state index contributed by atoms with van der Waals surface area (Å²) in [6, 6.07) is 3.22. The summed E-state index contributed by atoms with van der Waals surface area (Å²) in [5.74, 6) is -1.46. The fourth-order valence-electron chi connectivity index (χ4n) is 2.16. The van der Waals surface area contributed by atoms with E-state index >= 15 is 0 Å². The predicted molar refractivity (Wildman–Crippen MR) is 106 cm³/mol. The number of unbranched alkanes of at least 4 members (excludes halogenated alkanes) is 2. The first kappa shape index (κ1) is 23.1. The number of carbonyl (C=O) groups is 3. The normalized spacial score (nSPS) is 10.4. The minimum absolute atomic E-state index is 0.0828. The standard InChI is InChI=1S/C20H27BrO6/c1-4-7-9-26-18-13-19(27-10-8-5-2)15(21)11-14(18)16(22)12-17(23)20(24)25-6-3/h11,13H,4-10,12H2,1-3H3. The Morgan fingerprint density at radius 2 is 1.52 bits per heavy atom. The number of ketones is 2. The Morgan fingerprint density at radius 3 is 2.07 bits per heavy atom. The Balaban J connectivity index is 3.03. The fraction of sp³-hybridized carbons (Fsp3) is 0.550. The molecule has 0 atom stereocenters. The van der Waals surface area contributed by atoms with Gasteiger partial charge in [0, 0.05) is 6.07 Å². The molecule has 7 heteroatoms. The summed E-state index contributed by atoms with van der Waals surface area (Å²) in [4.78, 5) is 35.9. The van der Waals surface area contributed by atoms with Crippen molar-refractivity contribution in [1.82, 2.24) is 0 Å². The fourth-order valence-corrected chi connectivity index (χ4v) is 2.62. The van der Waals surface area contributed by atoms with E-state index in [0.29, 0.717) is 29.2 Å². The van der Waals surface area contributed by atoms with Crippen LogP contribution in [0.4, 0.5) is 0 Å². The molecule has 6 nitrogen and oxygen atoms in total. The summed E-state index contributed by atoms with van der Waals surface area (Å²) < 4.78 is 16.7. The lowest BCUT2D eigenvalue weighted by Gasteiger charge is -2.15. The molecule has 150 valence electrons. The second-order valence-electron chi connectivity index (χ2n) is 5.93. The lowest BCUT2D eigenvalue weighted by atomic mass is 10.0. The predicted octanol–water partition coefficient (Wildman–Crippen LogP) is 4.51. The van der Waals surface area contributed by atoms with Crippen molar-refractivity contribution >= 4 is 33.5 Å². The second kappa shape index (κ2) is 12.5. The van der Waals surface area contributed by atoms with Crippen molar-refractivity contribution in [3.63, 3.8) is 0 Å². The van der Waals surface area contributed by atoms with Crippen LogP contribution in [-0.4, -0.2) is 37.4 Å². The molecule has 0 fully saturated rings. The molecule has 0 radical (unpaired) electrons. The molecule has 0 amide bonds. The average Bonchev–Trinajstić information content (AvgIpc) is 2.64. The van der Waals surface area contributed by atoms with E-state index in [1.165, 1.54) is 0 Å². The second-order valence-corrected chi connectivity index (χ2v) is 6.78. The summed E-state index contributed by atoms with van der Waals surface area (Å²) >= 11 is 3.39. The number of rotatable bonds is 13. The van der Waals surface area contributed by atoms with Crippen molar-refractivity contribution in [3.05, 3.63) is 22.2 Å². The zero-order valence-corrected chi connectivity index (χ0v) is 17.7. The van der Waals surface area contributed by atoms with Gasteiger partial charge in [0.05, 0.1) is 36.3 Å². The molecule has 0 aliphatic heterocycles. The van der Waals surface area contributed by atoms with Crippen LogP contribution in [-0.2, 0) is 14.3 Å². The van der Waals surface area contributed by atoms with Gasteiger partial charge in [0.25, 0.3) is 0 Å². The van der Waals surface area contributed by atoms with E-state index < -0.39 is 24.0 Å². The van der Waals surface area contributed by atoms with Gasteiger partial charge in [-0.25, -0.2) is 4.79 Å². The molecule has 0 aliphatic rings. The molecule has 1 aromatic rings. The first-order valence-electron chi connectivity index (χ1n) is 9.26. The van der Waals surface area contributed by atoms with Crippen molar-refractivity contribution in [1.29, 1.82) is 0 Å². The van der Waals surface area contributed by atoms with Gasteiger partial charge in [-0.3, -0.25) is 9.59 Å². The van der Waals surface area contributed by atoms with E-state index in [9.17, 15) is 14.4 Å². The van der Waals surface area contributed by atoms with Crippen LogP contribution >= 0.6 is 15.9 Å². The maximum atomic E-state index is 12.6. The van der Waals surface area contributed by atoms with Crippen LogP contribution in [0.25, 0.3) is 0 Å². The van der Waals surface area contributed by atoms with Crippen molar-refractivity contribution < 1.29 is 28.6 Å². The first-order valence-corrected chi connectivity index (χ1v) is 10.1. The van der Waals surface area contributed by atoms with Crippen molar-refractivity contribution in [2.45, 2.75) is 52.9 Å². The molecular formula is C20H27BrO6. The van der Waals surface area contributed by atoms with E-state index in [4.69, 9.17) is 9.47 Å². The molecule has 0 saturated carbocycles. The molecule has 0 unspecified atom stereocenters. The first-order chi connectivity index (χ1) is 12.9. The third-order valence-electron chi connectivity index (χ3n) is 3.67. The number of ether oxygens (including phenoxy) is 3. The van der Waals surface area contributed by atoms with Crippen molar-refractivity contribution in [2.75, 3.05) is 19.8 Å². The summed E-state index contributed by atoms with van der Waals surface area (Å²) in [6.07, 6.45) is 3.13. The molecule has 0 N–H and O–H groups in total. The van der Waals surface area contributed by atoms with Crippen molar-refractivity contribution in [3.8, 4) is 11.5 Å². The average molecular weight is 443 g/mol. The number of benzene rings is 1. The van der Waals surface area contributed by atoms with E-state index in [1.807, 2.05) is 6.92 Å². The van der Waals surface area contributed by atoms with Gasteiger partial charge in [0.1, 0.15) is 11.5 Å². The Kier molecular flexibility index (Phi) is 10.7. The maximum absolute atomic E-state index is 12.6. The quantitative estimate of drug-likeness (QED) is 0.147. The summed E-state index contributed by atoms with van der Waals surface area (Å²) in [6.45, 7) is 6.78. The number of hydrogen-bond donors (Lipinski definition) is 0. The van der Waals surface area contributed by atoms with Gasteiger partial charge in [-0.05, 0) is 41.8 Å². The highest BCUT2D eigenvalue weighted by Gasteiger charge is 2.23. The van der Waals surface area contributed by atoms with E-state index in [-0.39, 0.29) is 12.2 Å². The highest BCUT2D eigenvalue weighted by atomic mass is 79.9. The summed E-state index contributed by atoms with van der Waals surface area (Å²) in [7, 11) is 0. The van der Waals surface area contributed by atoms with Gasteiger partial charge in [-0.15, -0.1) is 0 Å². The number of Topliss-reactive ketones (excluding diaryl/α,β-unsaturated/α-hetero) is 2. The third kappa shape index (κ3) is 7.71. The molecule has 0 heterocycles. The topological polar surface area (TPSA) is 78.9 Å². The lowest BCUT2D eigenvalue weighted by molar-refractivity contribution is -0.153. The van der Waals surface area contributed by atoms with Gasteiger partial charge in [0.15, 0.2) is 5.78 Å². The van der Waals surface area contributed by atoms with Crippen LogP contribution in [0.5, 0.6) is 11.5 Å². The number of esters is 1. The Morgan fingerprint density at radius 1 is 0.926 bits per heavy atom. The lowest BCUT2D eigenvalue weighted by Crippen LogP contribution is -2.21. The summed E-state index contributed by atoms with van der Waals surface area (Å²) in [5, 5.41) is 0. The smallest absolute Gasteiger partial charge is 0.375 e. The molecule has 0 spiro atoms. The number of halogens is 1. The van der Waals surface area contributed by atoms with Gasteiger partial charge in [-0.2, -0.15) is 0 Å². The minimum atomic E-state index is -1.00. The van der Waals surface area contributed by atoms with Crippen LogP contribution in [0.2, 0.25) is 0 Å². The highest BCUT2D eigenvalue weighted by Crippen LogP contribution is 2.34. The highest BCUT2D eigenvalue weighted by molar-refractivity contribution is 9.10. The summed E-state index contributed by atoms with van der Waals surface area (Å²) in [5.41, 5.74) is 0.235. The molecule has 0 aliphatic carbocycles. The van der Waals surface area contributed by atoms with Crippen LogP contribution in [0.3, 0.4) is 0 Å². The largest absolute Gasteiger partial charge is 0.493 e. The zero-order valence-electron chi connectivity index (χ0n) is 16.1. The van der Waals surface area contributed by atoms with Crippen LogP contribution in [0.1, 0.15) is 63.2 Å². The molecule has 1 rings (SSSR count). The van der Waals surface area contributed by atoms with E-state index in [1.54, 1.807) is 19.1 Å². The van der Waals surface area contributed by atoms with Crippen molar-refractivity contribution in [2.24, 2.45) is 0 Å². The Bertz CT molecular complexity index is 656. The molecule has 27 heavy (non-hydrogen) atoms. The Labute approximate surface area is 168 Å². The monoisotopic (exact) mass is 442 g/mol. The molecule has 1 aromatic carbocycles. The molecule has 0 saturated heterocycles. The number of carbonyl (C=O) groups excluding carboxylic acids is 3. The van der Waals surface area contributed by atoms with Gasteiger partial charge < -0.3 is 14.2 Å².